The molecule has 0 aliphatic carbocycles. The number of hydrogen-bond acceptors (Lipinski definition) is 3. The second kappa shape index (κ2) is 5.54. The lowest BCUT2D eigenvalue weighted by Gasteiger charge is -2.15. The van der Waals surface area contributed by atoms with E-state index in [0.717, 1.165) is 28.4 Å². The molecule has 3 rings (SSSR count). The highest BCUT2D eigenvalue weighted by molar-refractivity contribution is 6.31. The number of hydrogen-bond donors (Lipinski definition) is 0. The highest BCUT2D eigenvalue weighted by atomic mass is 35.5. The first-order valence-electron chi connectivity index (χ1n) is 6.47. The predicted octanol–water partition coefficient (Wildman–Crippen LogP) is 3.88. The van der Waals surface area contributed by atoms with Crippen molar-refractivity contribution in [2.45, 2.75) is 5.88 Å². The van der Waals surface area contributed by atoms with Gasteiger partial charge in [-0.3, -0.25) is 4.57 Å². The van der Waals surface area contributed by atoms with Crippen LogP contribution in [0.4, 0.5) is 5.69 Å². The Labute approximate surface area is 132 Å². The molecule has 4 nitrogen and oxygen atoms in total. The summed E-state index contributed by atoms with van der Waals surface area (Å²) in [7, 11) is 4.01. The van der Waals surface area contributed by atoms with E-state index in [2.05, 4.69) is 16.0 Å². The van der Waals surface area contributed by atoms with Gasteiger partial charge >= 0.3 is 0 Å². The topological polar surface area (TPSA) is 34.0 Å². The van der Waals surface area contributed by atoms with Crippen LogP contribution in [0.5, 0.6) is 0 Å². The summed E-state index contributed by atoms with van der Waals surface area (Å²) in [6.07, 6.45) is 1.62. The summed E-state index contributed by atoms with van der Waals surface area (Å²) in [5, 5.41) is 0.565. The molecule has 0 unspecified atom stereocenters. The third-order valence-corrected chi connectivity index (χ3v) is 3.70. The van der Waals surface area contributed by atoms with E-state index in [9.17, 15) is 0 Å². The molecule has 0 bridgehead atoms. The molecule has 108 valence electrons. The molecule has 0 aliphatic heterocycles. The second-order valence-electron chi connectivity index (χ2n) is 4.91. The maximum Gasteiger partial charge on any atom is 0.164 e. The van der Waals surface area contributed by atoms with Crippen molar-refractivity contribution in [3.8, 4) is 5.69 Å². The Hall–Kier alpha value is -1.78. The fourth-order valence-corrected chi connectivity index (χ4v) is 2.59. The quantitative estimate of drug-likeness (QED) is 0.687. The van der Waals surface area contributed by atoms with Gasteiger partial charge in [0.1, 0.15) is 11.3 Å². The van der Waals surface area contributed by atoms with E-state index in [-0.39, 0.29) is 0 Å². The fraction of sp³-hybridized carbons (Fsp3) is 0.200. The van der Waals surface area contributed by atoms with E-state index in [1.54, 1.807) is 12.3 Å². The van der Waals surface area contributed by atoms with Crippen molar-refractivity contribution in [3.63, 3.8) is 0 Å². The van der Waals surface area contributed by atoms with Crippen LogP contribution in [0.1, 0.15) is 5.82 Å². The maximum atomic E-state index is 6.04. The molecular weight excluding hydrogens is 307 g/mol. The SMILES string of the molecule is CN(C)c1cccc(-n2c(CCl)nc3cc(Cl)cnc32)c1. The normalized spacial score (nSPS) is 11.0. The van der Waals surface area contributed by atoms with Gasteiger partial charge in [0.25, 0.3) is 0 Å². The lowest BCUT2D eigenvalue weighted by Crippen LogP contribution is -2.09. The molecule has 1 aromatic carbocycles. The van der Waals surface area contributed by atoms with Gasteiger partial charge in [-0.05, 0) is 24.3 Å². The summed E-state index contributed by atoms with van der Waals surface area (Å²) in [4.78, 5) is 11.0. The fourth-order valence-electron chi connectivity index (χ4n) is 2.26. The molecule has 0 N–H and O–H groups in total. The van der Waals surface area contributed by atoms with Crippen LogP contribution in [-0.2, 0) is 5.88 Å². The standard InChI is InChI=1S/C15H14Cl2N4/c1-20(2)11-4-3-5-12(7-11)21-14(8-16)19-13-6-10(17)9-18-15(13)21/h3-7,9H,8H2,1-2H3. The molecule has 21 heavy (non-hydrogen) atoms. The van der Waals surface area contributed by atoms with Crippen LogP contribution in [0.3, 0.4) is 0 Å². The third kappa shape index (κ3) is 2.57. The van der Waals surface area contributed by atoms with E-state index in [0.29, 0.717) is 10.9 Å². The van der Waals surface area contributed by atoms with Crippen LogP contribution in [0.2, 0.25) is 5.02 Å². The number of aromatic nitrogens is 3. The van der Waals surface area contributed by atoms with Crippen LogP contribution < -0.4 is 4.90 Å². The number of rotatable bonds is 3. The summed E-state index contributed by atoms with van der Waals surface area (Å²) in [5.74, 6) is 1.05. The molecule has 6 heteroatoms. The van der Waals surface area contributed by atoms with Crippen molar-refractivity contribution in [3.05, 3.63) is 47.4 Å². The first-order chi connectivity index (χ1) is 10.1. The summed E-state index contributed by atoms with van der Waals surface area (Å²) in [6.45, 7) is 0. The van der Waals surface area contributed by atoms with Crippen molar-refractivity contribution in [2.75, 3.05) is 19.0 Å². The van der Waals surface area contributed by atoms with Crippen LogP contribution in [0.25, 0.3) is 16.9 Å². The molecule has 2 heterocycles. The second-order valence-corrected chi connectivity index (χ2v) is 5.61. The number of halogens is 2. The first-order valence-corrected chi connectivity index (χ1v) is 7.38. The van der Waals surface area contributed by atoms with E-state index in [1.807, 2.05) is 41.8 Å². The van der Waals surface area contributed by atoms with Crippen LogP contribution >= 0.6 is 23.2 Å². The van der Waals surface area contributed by atoms with Crippen LogP contribution in [-0.4, -0.2) is 28.6 Å². The lowest BCUT2D eigenvalue weighted by atomic mass is 10.2. The van der Waals surface area contributed by atoms with E-state index >= 15 is 0 Å². The molecule has 2 aromatic heterocycles. The number of imidazole rings is 1. The molecule has 0 fully saturated rings. The van der Waals surface area contributed by atoms with Crippen molar-refractivity contribution < 1.29 is 0 Å². The molecule has 0 amide bonds. The van der Waals surface area contributed by atoms with E-state index in [4.69, 9.17) is 23.2 Å². The van der Waals surface area contributed by atoms with Gasteiger partial charge in [0.15, 0.2) is 5.65 Å². The number of fused-ring (bicyclic) bond motifs is 1. The Morgan fingerprint density at radius 1 is 1.24 bits per heavy atom. The largest absolute Gasteiger partial charge is 0.378 e. The lowest BCUT2D eigenvalue weighted by molar-refractivity contribution is 0.967. The number of benzene rings is 1. The molecule has 0 aliphatic rings. The highest BCUT2D eigenvalue weighted by Gasteiger charge is 2.13. The van der Waals surface area contributed by atoms with Crippen LogP contribution in [0.15, 0.2) is 36.5 Å². The summed E-state index contributed by atoms with van der Waals surface area (Å²) >= 11 is 12.0. The summed E-state index contributed by atoms with van der Waals surface area (Å²) in [5.41, 5.74) is 3.58. The Kier molecular flexibility index (Phi) is 3.74. The van der Waals surface area contributed by atoms with E-state index in [1.165, 1.54) is 0 Å². The van der Waals surface area contributed by atoms with Gasteiger partial charge in [0, 0.05) is 26.0 Å². The zero-order valence-electron chi connectivity index (χ0n) is 11.7. The number of anilines is 1. The molecule has 0 saturated heterocycles. The number of pyridine rings is 1. The average molecular weight is 321 g/mol. The van der Waals surface area contributed by atoms with Gasteiger partial charge in [-0.25, -0.2) is 9.97 Å². The van der Waals surface area contributed by atoms with Gasteiger partial charge in [-0.2, -0.15) is 0 Å². The number of alkyl halides is 1. The molecule has 0 atom stereocenters. The van der Waals surface area contributed by atoms with E-state index < -0.39 is 0 Å². The van der Waals surface area contributed by atoms with Crippen molar-refractivity contribution >= 4 is 40.1 Å². The first kappa shape index (κ1) is 14.2. The molecule has 0 radical (unpaired) electrons. The van der Waals surface area contributed by atoms with Gasteiger partial charge in [-0.1, -0.05) is 17.7 Å². The third-order valence-electron chi connectivity index (χ3n) is 3.26. The Morgan fingerprint density at radius 2 is 2.05 bits per heavy atom. The minimum atomic E-state index is 0.306. The van der Waals surface area contributed by atoms with Crippen molar-refractivity contribution in [2.24, 2.45) is 0 Å². The molecule has 0 spiro atoms. The molecule has 3 aromatic rings. The van der Waals surface area contributed by atoms with Crippen molar-refractivity contribution in [1.29, 1.82) is 0 Å². The maximum absolute atomic E-state index is 6.04. The Bertz CT molecular complexity index is 795. The molecule has 0 saturated carbocycles. The average Bonchev–Trinajstić information content (AvgIpc) is 2.84. The smallest absolute Gasteiger partial charge is 0.164 e. The Balaban J connectivity index is 2.25. The predicted molar refractivity (Wildman–Crippen MR) is 87.8 cm³/mol. The molecular formula is C15H14Cl2N4. The minimum absolute atomic E-state index is 0.306. The zero-order valence-corrected chi connectivity index (χ0v) is 13.2. The van der Waals surface area contributed by atoms with Gasteiger partial charge in [-0.15, -0.1) is 11.6 Å². The summed E-state index contributed by atoms with van der Waals surface area (Å²) < 4.78 is 1.96. The van der Waals surface area contributed by atoms with Gasteiger partial charge in [0.2, 0.25) is 0 Å². The van der Waals surface area contributed by atoms with Gasteiger partial charge < -0.3 is 4.90 Å². The number of nitrogens with zero attached hydrogens (tertiary/aromatic N) is 4. The Morgan fingerprint density at radius 3 is 2.76 bits per heavy atom. The zero-order chi connectivity index (χ0) is 15.0. The van der Waals surface area contributed by atoms with Gasteiger partial charge in [0.05, 0.1) is 16.6 Å². The summed E-state index contributed by atoms with van der Waals surface area (Å²) in [6, 6.07) is 9.94. The van der Waals surface area contributed by atoms with Crippen molar-refractivity contribution in [1.82, 2.24) is 14.5 Å². The highest BCUT2D eigenvalue weighted by Crippen LogP contribution is 2.25. The minimum Gasteiger partial charge on any atom is -0.378 e. The monoisotopic (exact) mass is 320 g/mol. The van der Waals surface area contributed by atoms with Crippen LogP contribution in [0, 0.1) is 0 Å².